The highest BCUT2D eigenvalue weighted by Gasteiger charge is 2.21. The summed E-state index contributed by atoms with van der Waals surface area (Å²) in [6.45, 7) is 1.83. The number of likely N-dealkylation sites (tertiary alicyclic amines) is 1. The van der Waals surface area contributed by atoms with Crippen molar-refractivity contribution in [2.75, 3.05) is 20.1 Å². The maximum atomic E-state index is 10.1. The largest absolute Gasteiger partial charge is 0.480 e. The number of hydrogen-bond acceptors (Lipinski definition) is 5. The predicted molar refractivity (Wildman–Crippen MR) is 87.4 cm³/mol. The molecule has 0 radical (unpaired) electrons. The lowest BCUT2D eigenvalue weighted by Crippen LogP contribution is -2.29. The third-order valence-corrected chi connectivity index (χ3v) is 3.88. The van der Waals surface area contributed by atoms with Crippen molar-refractivity contribution in [2.45, 2.75) is 44.2 Å². The van der Waals surface area contributed by atoms with Gasteiger partial charge in [0.05, 0.1) is 0 Å². The summed E-state index contributed by atoms with van der Waals surface area (Å²) in [5.74, 6) is -0.933. The molecule has 0 aromatic carbocycles. The minimum absolute atomic E-state index is 0.520. The van der Waals surface area contributed by atoms with Gasteiger partial charge in [0.2, 0.25) is 0 Å². The fraction of sp³-hybridized carbons (Fsp3) is 0.625. The predicted octanol–water partition coefficient (Wildman–Crippen LogP) is 1.38. The van der Waals surface area contributed by atoms with E-state index in [1.807, 2.05) is 18.5 Å². The van der Waals surface area contributed by atoms with Gasteiger partial charge in [0.1, 0.15) is 6.04 Å². The zero-order valence-electron chi connectivity index (χ0n) is 13.3. The van der Waals surface area contributed by atoms with Crippen molar-refractivity contribution in [2.24, 2.45) is 11.5 Å². The first-order valence-electron chi connectivity index (χ1n) is 7.85. The van der Waals surface area contributed by atoms with Gasteiger partial charge >= 0.3 is 5.97 Å². The number of nitrogens with two attached hydrogens (primary N) is 2. The highest BCUT2D eigenvalue weighted by atomic mass is 16.4. The second-order valence-electron chi connectivity index (χ2n) is 5.65. The second kappa shape index (κ2) is 10.3. The van der Waals surface area contributed by atoms with Gasteiger partial charge in [-0.25, -0.2) is 0 Å². The smallest absolute Gasteiger partial charge is 0.320 e. The average Bonchev–Trinajstić information content (AvgIpc) is 2.95. The molecule has 0 saturated carbocycles. The van der Waals surface area contributed by atoms with Crippen LogP contribution in [0.4, 0.5) is 0 Å². The van der Waals surface area contributed by atoms with Gasteiger partial charge in [0, 0.05) is 18.4 Å². The quantitative estimate of drug-likeness (QED) is 0.686. The molecule has 1 aromatic heterocycles. The Morgan fingerprint density at radius 2 is 2.32 bits per heavy atom. The highest BCUT2D eigenvalue weighted by Crippen LogP contribution is 2.29. The van der Waals surface area contributed by atoms with Crippen LogP contribution in [-0.2, 0) is 4.79 Å². The average molecular weight is 308 g/mol. The molecule has 0 amide bonds. The Morgan fingerprint density at radius 1 is 1.55 bits per heavy atom. The number of nitrogens with zero attached hydrogens (tertiary/aromatic N) is 2. The first-order valence-corrected chi connectivity index (χ1v) is 7.85. The van der Waals surface area contributed by atoms with E-state index in [0.29, 0.717) is 19.0 Å². The van der Waals surface area contributed by atoms with Crippen molar-refractivity contribution in [3.05, 3.63) is 30.1 Å². The summed E-state index contributed by atoms with van der Waals surface area (Å²) < 4.78 is 0. The van der Waals surface area contributed by atoms with E-state index in [2.05, 4.69) is 23.0 Å². The zero-order valence-corrected chi connectivity index (χ0v) is 13.3. The molecular weight excluding hydrogens is 280 g/mol. The maximum Gasteiger partial charge on any atom is 0.320 e. The van der Waals surface area contributed by atoms with Crippen LogP contribution in [0.5, 0.6) is 0 Å². The van der Waals surface area contributed by atoms with Crippen molar-refractivity contribution >= 4 is 5.97 Å². The van der Waals surface area contributed by atoms with Crippen LogP contribution < -0.4 is 11.5 Å². The molecule has 6 heteroatoms. The monoisotopic (exact) mass is 308 g/mol. The van der Waals surface area contributed by atoms with E-state index in [9.17, 15) is 4.79 Å². The standard InChI is InChI=1S/C10H14N2.C6H14N2O2/c1-12-7-3-5-10(12)9-4-2-6-11-8-9;7-4-2-1-3-5(8)6(9)10/h2,4,6,8,10H,3,5,7H2,1H3;5H,1-4,7-8H2,(H,9,10)/t;5-/m.0/s1. The van der Waals surface area contributed by atoms with Gasteiger partial charge in [-0.3, -0.25) is 14.7 Å². The molecule has 2 atom stereocenters. The molecule has 124 valence electrons. The first kappa shape index (κ1) is 18.5. The Bertz CT molecular complexity index is 427. The maximum absolute atomic E-state index is 10.1. The molecule has 0 spiro atoms. The minimum Gasteiger partial charge on any atom is -0.480 e. The summed E-state index contributed by atoms with van der Waals surface area (Å²) in [5, 5.41) is 8.33. The molecule has 2 heterocycles. The molecule has 5 N–H and O–H groups in total. The molecule has 1 aliphatic heterocycles. The van der Waals surface area contributed by atoms with Crippen LogP contribution in [0.3, 0.4) is 0 Å². The van der Waals surface area contributed by atoms with Gasteiger partial charge < -0.3 is 16.6 Å². The lowest BCUT2D eigenvalue weighted by molar-refractivity contribution is -0.138. The van der Waals surface area contributed by atoms with Crippen LogP contribution in [0.15, 0.2) is 24.5 Å². The van der Waals surface area contributed by atoms with Gasteiger partial charge in [0.25, 0.3) is 0 Å². The molecule has 1 unspecified atom stereocenters. The van der Waals surface area contributed by atoms with Gasteiger partial charge in [-0.1, -0.05) is 12.5 Å². The Balaban J connectivity index is 0.000000225. The summed E-state index contributed by atoms with van der Waals surface area (Å²) in [5.41, 5.74) is 11.8. The van der Waals surface area contributed by atoms with Crippen molar-refractivity contribution in [3.63, 3.8) is 0 Å². The number of unbranched alkanes of at least 4 members (excludes halogenated alkanes) is 1. The number of rotatable bonds is 6. The van der Waals surface area contributed by atoms with Crippen LogP contribution in [0.25, 0.3) is 0 Å². The van der Waals surface area contributed by atoms with Crippen molar-refractivity contribution in [3.8, 4) is 0 Å². The van der Waals surface area contributed by atoms with Crippen LogP contribution in [-0.4, -0.2) is 47.1 Å². The van der Waals surface area contributed by atoms with Crippen molar-refractivity contribution in [1.82, 2.24) is 9.88 Å². The summed E-state index contributed by atoms with van der Waals surface area (Å²) >= 11 is 0. The number of carboxylic acid groups (broad SMARTS) is 1. The van der Waals surface area contributed by atoms with Crippen LogP contribution in [0.1, 0.15) is 43.7 Å². The molecule has 0 aliphatic carbocycles. The van der Waals surface area contributed by atoms with E-state index in [-0.39, 0.29) is 0 Å². The Labute approximate surface area is 132 Å². The topological polar surface area (TPSA) is 105 Å². The van der Waals surface area contributed by atoms with E-state index < -0.39 is 12.0 Å². The van der Waals surface area contributed by atoms with E-state index in [0.717, 1.165) is 12.8 Å². The number of aliphatic carboxylic acids is 1. The summed E-state index contributed by atoms with van der Waals surface area (Å²) in [6, 6.07) is 4.08. The Morgan fingerprint density at radius 3 is 2.82 bits per heavy atom. The third-order valence-electron chi connectivity index (χ3n) is 3.88. The van der Waals surface area contributed by atoms with Crippen LogP contribution in [0.2, 0.25) is 0 Å². The third kappa shape index (κ3) is 6.51. The second-order valence-corrected chi connectivity index (χ2v) is 5.65. The SMILES string of the molecule is CN1CCCC1c1cccnc1.NCCCC[C@H](N)C(=O)O. The van der Waals surface area contributed by atoms with Crippen molar-refractivity contribution in [1.29, 1.82) is 0 Å². The zero-order chi connectivity index (χ0) is 16.4. The molecule has 0 bridgehead atoms. The van der Waals surface area contributed by atoms with E-state index in [1.165, 1.54) is 24.9 Å². The van der Waals surface area contributed by atoms with E-state index in [1.54, 1.807) is 0 Å². The highest BCUT2D eigenvalue weighted by molar-refractivity contribution is 5.72. The van der Waals surface area contributed by atoms with Crippen molar-refractivity contribution < 1.29 is 9.90 Å². The molecule has 1 saturated heterocycles. The molecule has 6 nitrogen and oxygen atoms in total. The summed E-state index contributed by atoms with van der Waals surface area (Å²) in [7, 11) is 2.19. The fourth-order valence-electron chi connectivity index (χ4n) is 2.54. The first-order chi connectivity index (χ1) is 10.6. The molecule has 22 heavy (non-hydrogen) atoms. The van der Waals surface area contributed by atoms with E-state index >= 15 is 0 Å². The normalized spacial score (nSPS) is 19.3. The Kier molecular flexibility index (Phi) is 8.65. The molecule has 2 rings (SSSR count). The van der Waals surface area contributed by atoms with Gasteiger partial charge in [-0.05, 0) is 57.5 Å². The number of hydrogen-bond donors (Lipinski definition) is 3. The number of carbonyl (C=O) groups is 1. The lowest BCUT2D eigenvalue weighted by Gasteiger charge is -2.18. The minimum atomic E-state index is -0.933. The Hall–Kier alpha value is -1.50. The summed E-state index contributed by atoms with van der Waals surface area (Å²) in [6.07, 6.45) is 8.57. The number of carboxylic acids is 1. The van der Waals surface area contributed by atoms with Gasteiger partial charge in [-0.15, -0.1) is 0 Å². The molecule has 1 aliphatic rings. The lowest BCUT2D eigenvalue weighted by atomic mass is 10.1. The van der Waals surface area contributed by atoms with Gasteiger partial charge in [-0.2, -0.15) is 0 Å². The van der Waals surface area contributed by atoms with E-state index in [4.69, 9.17) is 16.6 Å². The molecule has 1 aromatic rings. The van der Waals surface area contributed by atoms with Crippen LogP contribution in [0, 0.1) is 0 Å². The van der Waals surface area contributed by atoms with Gasteiger partial charge in [0.15, 0.2) is 0 Å². The summed E-state index contributed by atoms with van der Waals surface area (Å²) in [4.78, 5) is 16.7. The molecule has 1 fully saturated rings. The molecular formula is C16H28N4O2. The van der Waals surface area contributed by atoms with Crippen LogP contribution >= 0.6 is 0 Å². The fourth-order valence-corrected chi connectivity index (χ4v) is 2.54. The number of aromatic nitrogens is 1. The number of pyridine rings is 1.